The van der Waals surface area contributed by atoms with Crippen LogP contribution in [0, 0.1) is 6.92 Å². The zero-order valence-electron chi connectivity index (χ0n) is 8.98. The highest BCUT2D eigenvalue weighted by Crippen LogP contribution is 2.22. The Hall–Kier alpha value is -0.700. The van der Waals surface area contributed by atoms with E-state index in [-0.39, 0.29) is 15.1 Å². The molecule has 6 nitrogen and oxygen atoms in total. The molecule has 16 heavy (non-hydrogen) atoms. The Morgan fingerprint density at radius 1 is 1.44 bits per heavy atom. The van der Waals surface area contributed by atoms with Crippen molar-refractivity contribution in [3.05, 3.63) is 15.4 Å². The van der Waals surface area contributed by atoms with Gasteiger partial charge in [0.25, 0.3) is 10.0 Å². The molecule has 0 aromatic carbocycles. The maximum Gasteiger partial charge on any atom is 0.305 e. The fourth-order valence-corrected chi connectivity index (χ4v) is 4.31. The average Bonchev–Trinajstić information content (AvgIpc) is 2.42. The fourth-order valence-electron chi connectivity index (χ4n) is 1.49. The molecular formula is C8H13N3O3S2. The number of nitrogens with one attached hydrogen (secondary N) is 2. The molecule has 2 heterocycles. The summed E-state index contributed by atoms with van der Waals surface area (Å²) in [6.45, 7) is 2.92. The van der Waals surface area contributed by atoms with Gasteiger partial charge in [-0.2, -0.15) is 4.31 Å². The number of thiazole rings is 1. The Bertz CT molecular complexity index is 541. The first-order valence-corrected chi connectivity index (χ1v) is 7.07. The van der Waals surface area contributed by atoms with Gasteiger partial charge in [0, 0.05) is 31.9 Å². The van der Waals surface area contributed by atoms with Crippen molar-refractivity contribution >= 4 is 21.4 Å². The summed E-state index contributed by atoms with van der Waals surface area (Å²) in [6.07, 6.45) is 0. The molecule has 0 unspecified atom stereocenters. The lowest BCUT2D eigenvalue weighted by molar-refractivity contribution is 0.274. The zero-order chi connectivity index (χ0) is 11.9. The minimum Gasteiger partial charge on any atom is -0.315 e. The Morgan fingerprint density at radius 3 is 2.44 bits per heavy atom. The van der Waals surface area contributed by atoms with Gasteiger partial charge in [-0.1, -0.05) is 11.3 Å². The van der Waals surface area contributed by atoms with Crippen LogP contribution >= 0.6 is 11.3 Å². The Labute approximate surface area is 97.3 Å². The van der Waals surface area contributed by atoms with Gasteiger partial charge in [0.15, 0.2) is 4.21 Å². The van der Waals surface area contributed by atoms with E-state index in [0.717, 1.165) is 11.3 Å². The van der Waals surface area contributed by atoms with E-state index in [2.05, 4.69) is 10.3 Å². The number of likely N-dealkylation sites (N-methyl/N-ethyl adjacent to an activating group) is 1. The zero-order valence-corrected chi connectivity index (χ0v) is 10.6. The second-order valence-electron chi connectivity index (χ2n) is 3.76. The Morgan fingerprint density at radius 2 is 2.06 bits per heavy atom. The number of aromatic nitrogens is 1. The molecule has 2 rings (SSSR count). The second-order valence-corrected chi connectivity index (χ2v) is 6.94. The fraction of sp³-hybridized carbons (Fsp3) is 0.625. The summed E-state index contributed by atoms with van der Waals surface area (Å²) in [5.74, 6) is 0. The number of sulfonamides is 1. The van der Waals surface area contributed by atoms with Gasteiger partial charge >= 0.3 is 4.87 Å². The monoisotopic (exact) mass is 263 g/mol. The van der Waals surface area contributed by atoms with E-state index in [1.807, 2.05) is 0 Å². The van der Waals surface area contributed by atoms with Gasteiger partial charge in [-0.3, -0.25) is 4.79 Å². The van der Waals surface area contributed by atoms with Crippen LogP contribution in [0.1, 0.15) is 5.69 Å². The van der Waals surface area contributed by atoms with Crippen LogP contribution < -0.4 is 10.2 Å². The van der Waals surface area contributed by atoms with Crippen LogP contribution in [-0.4, -0.2) is 43.9 Å². The molecule has 0 aliphatic carbocycles. The van der Waals surface area contributed by atoms with E-state index in [1.165, 1.54) is 4.31 Å². The van der Waals surface area contributed by atoms with Crippen molar-refractivity contribution < 1.29 is 8.42 Å². The first-order chi connectivity index (χ1) is 7.43. The molecule has 1 aliphatic rings. The standard InChI is InChI=1S/C8H13N3O3S2/c1-5-7(15-8(12)10-5)16(13,14)11(2)6-3-9-4-6/h6,9H,3-4H2,1-2H3,(H,10,12). The van der Waals surface area contributed by atoms with Gasteiger partial charge in [-0.15, -0.1) is 0 Å². The SMILES string of the molecule is Cc1[nH]c(=O)sc1S(=O)(=O)N(C)C1CNC1. The number of nitrogens with zero attached hydrogens (tertiary/aromatic N) is 1. The van der Waals surface area contributed by atoms with Crippen LogP contribution in [0.15, 0.2) is 9.00 Å². The minimum atomic E-state index is -3.53. The van der Waals surface area contributed by atoms with Gasteiger partial charge in [-0.25, -0.2) is 8.42 Å². The average molecular weight is 263 g/mol. The van der Waals surface area contributed by atoms with Gasteiger partial charge in [0.1, 0.15) is 0 Å². The van der Waals surface area contributed by atoms with Crippen LogP contribution in [-0.2, 0) is 10.0 Å². The van der Waals surface area contributed by atoms with E-state index in [9.17, 15) is 13.2 Å². The summed E-state index contributed by atoms with van der Waals surface area (Å²) in [5.41, 5.74) is 0.411. The van der Waals surface area contributed by atoms with Crippen molar-refractivity contribution in [1.29, 1.82) is 0 Å². The number of hydrogen-bond donors (Lipinski definition) is 2. The van der Waals surface area contributed by atoms with Gasteiger partial charge in [0.2, 0.25) is 0 Å². The quantitative estimate of drug-likeness (QED) is 0.758. The maximum absolute atomic E-state index is 12.2. The normalized spacial score (nSPS) is 17.7. The lowest BCUT2D eigenvalue weighted by Gasteiger charge is -2.34. The van der Waals surface area contributed by atoms with Crippen LogP contribution in [0.4, 0.5) is 0 Å². The first-order valence-electron chi connectivity index (χ1n) is 4.81. The lowest BCUT2D eigenvalue weighted by Crippen LogP contribution is -2.57. The largest absolute Gasteiger partial charge is 0.315 e. The third kappa shape index (κ3) is 1.81. The molecule has 0 spiro atoms. The topological polar surface area (TPSA) is 82.3 Å². The molecule has 90 valence electrons. The van der Waals surface area contributed by atoms with Crippen LogP contribution in [0.5, 0.6) is 0 Å². The Kier molecular flexibility index (Phi) is 2.91. The molecule has 0 amide bonds. The third-order valence-electron chi connectivity index (χ3n) is 2.67. The first kappa shape index (κ1) is 11.8. The maximum atomic E-state index is 12.2. The van der Waals surface area contributed by atoms with Gasteiger partial charge < -0.3 is 10.3 Å². The highest BCUT2D eigenvalue weighted by atomic mass is 32.2. The highest BCUT2D eigenvalue weighted by molar-refractivity contribution is 7.91. The molecule has 1 aliphatic heterocycles. The third-order valence-corrected chi connectivity index (χ3v) is 6.16. The number of rotatable bonds is 3. The van der Waals surface area contributed by atoms with Crippen molar-refractivity contribution in [2.24, 2.45) is 0 Å². The minimum absolute atomic E-state index is 0.0124. The summed E-state index contributed by atoms with van der Waals surface area (Å²) in [7, 11) is -1.98. The molecule has 0 radical (unpaired) electrons. The second kappa shape index (κ2) is 3.95. The van der Waals surface area contributed by atoms with Crippen LogP contribution in [0.25, 0.3) is 0 Å². The molecule has 8 heteroatoms. The number of H-pyrrole nitrogens is 1. The summed E-state index contributed by atoms with van der Waals surface area (Å²) in [4.78, 5) is 13.2. The van der Waals surface area contributed by atoms with Crippen molar-refractivity contribution in [2.45, 2.75) is 17.2 Å². The summed E-state index contributed by atoms with van der Waals surface area (Å²) in [5, 5.41) is 3.01. The molecule has 0 saturated carbocycles. The van der Waals surface area contributed by atoms with E-state index in [0.29, 0.717) is 18.8 Å². The van der Waals surface area contributed by atoms with E-state index in [4.69, 9.17) is 0 Å². The molecule has 1 saturated heterocycles. The smallest absolute Gasteiger partial charge is 0.305 e. The predicted molar refractivity (Wildman–Crippen MR) is 61.3 cm³/mol. The summed E-state index contributed by atoms with van der Waals surface area (Å²) >= 11 is 0.740. The van der Waals surface area contributed by atoms with Crippen molar-refractivity contribution in [3.63, 3.8) is 0 Å². The lowest BCUT2D eigenvalue weighted by atomic mass is 10.2. The van der Waals surface area contributed by atoms with Crippen molar-refractivity contribution in [2.75, 3.05) is 20.1 Å². The molecule has 1 aromatic heterocycles. The summed E-state index contributed by atoms with van der Waals surface area (Å²) < 4.78 is 25.7. The summed E-state index contributed by atoms with van der Waals surface area (Å²) in [6, 6.07) is -0.0124. The van der Waals surface area contributed by atoms with Gasteiger partial charge in [-0.05, 0) is 6.92 Å². The number of aryl methyl sites for hydroxylation is 1. The Balaban J connectivity index is 2.38. The molecule has 0 bridgehead atoms. The molecule has 1 fully saturated rings. The van der Waals surface area contributed by atoms with Crippen LogP contribution in [0.3, 0.4) is 0 Å². The van der Waals surface area contributed by atoms with Crippen molar-refractivity contribution in [3.8, 4) is 0 Å². The number of aromatic amines is 1. The van der Waals surface area contributed by atoms with Crippen molar-refractivity contribution in [1.82, 2.24) is 14.6 Å². The van der Waals surface area contributed by atoms with Gasteiger partial charge in [0.05, 0.1) is 0 Å². The van der Waals surface area contributed by atoms with E-state index in [1.54, 1.807) is 14.0 Å². The molecule has 1 aromatic rings. The van der Waals surface area contributed by atoms with Crippen LogP contribution in [0.2, 0.25) is 0 Å². The molecule has 2 N–H and O–H groups in total. The molecule has 0 atom stereocenters. The molecular weight excluding hydrogens is 250 g/mol. The highest BCUT2D eigenvalue weighted by Gasteiger charge is 2.33. The number of hydrogen-bond acceptors (Lipinski definition) is 5. The van der Waals surface area contributed by atoms with E-state index < -0.39 is 10.0 Å². The predicted octanol–water partition coefficient (Wildman–Crippen LogP) is -0.663. The van der Waals surface area contributed by atoms with E-state index >= 15 is 0 Å².